The zero-order valence-corrected chi connectivity index (χ0v) is 15.8. The summed E-state index contributed by atoms with van der Waals surface area (Å²) in [5, 5.41) is 26.8. The molecule has 0 saturated carbocycles. The number of rotatable bonds is 0. The van der Waals surface area contributed by atoms with Crippen LogP contribution < -0.4 is 126 Å². The molecule has 0 spiro atoms. The molecule has 0 N–H and O–H groups in total. The van der Waals surface area contributed by atoms with E-state index in [0.29, 0.717) is 0 Å². The molecule has 0 bridgehead atoms. The number of hydrogen-bond acceptors (Lipinski definition) is 4. The summed E-state index contributed by atoms with van der Waals surface area (Å²) >= 11 is 0. The molecule has 56 valence electrons. The van der Waals surface area contributed by atoms with Crippen LogP contribution in [-0.4, -0.2) is 11.8 Å². The quantitative estimate of drug-likeness (QED) is 0.378. The molecule has 0 rings (SSSR count). The van der Waals surface area contributed by atoms with Crippen molar-refractivity contribution in [3.8, 4) is 0 Å². The monoisotopic (exact) mass is 218 g/mol. The summed E-state index contributed by atoms with van der Waals surface area (Å²) in [7, 11) is 0. The van der Waals surface area contributed by atoms with Crippen molar-refractivity contribution in [2.24, 2.45) is 0 Å². The normalized spacial score (nSPS) is 7.00. The van der Waals surface area contributed by atoms with E-state index < -0.39 is 11.8 Å². The predicted octanol–water partition coefficient (Wildman–Crippen LogP) is -11.3. The van der Waals surface area contributed by atoms with Crippen molar-refractivity contribution in [1.82, 2.24) is 0 Å². The van der Waals surface area contributed by atoms with Crippen LogP contribution in [-0.2, 0) is 0 Å². The van der Waals surface area contributed by atoms with Gasteiger partial charge in [-0.3, -0.25) is 0 Å². The van der Waals surface area contributed by atoms with Gasteiger partial charge in [-0.15, -0.1) is 5.60 Å². The Bertz CT molecular complexity index is 83.9. The molecule has 0 atom stereocenters. The summed E-state index contributed by atoms with van der Waals surface area (Å²) < 4.78 is 0. The molecule has 0 amide bonds. The molecule has 7 heteroatoms. The molecule has 12 heavy (non-hydrogen) atoms. The van der Waals surface area contributed by atoms with E-state index in [0.717, 1.165) is 0 Å². The Morgan fingerprint density at radius 1 is 1.08 bits per heavy atom. The van der Waals surface area contributed by atoms with Crippen LogP contribution in [0.1, 0.15) is 20.8 Å². The van der Waals surface area contributed by atoms with E-state index in [1.54, 1.807) is 20.8 Å². The van der Waals surface area contributed by atoms with Crippen molar-refractivity contribution >= 4 is 6.16 Å². The standard InChI is InChI=1S/C4H9O.CH2O3.K.2Na/c1-4(2,3)5;2-1(3)4;;;/h1-3H3;(H2,2,3,4);;;/q-1;;3*+1/p-2. The predicted molar refractivity (Wildman–Crippen MR) is 25.1 cm³/mol. The molecule has 0 aromatic carbocycles. The van der Waals surface area contributed by atoms with Crippen LogP contribution in [0.4, 0.5) is 4.79 Å². The van der Waals surface area contributed by atoms with Gasteiger partial charge >= 0.3 is 110 Å². The number of carbonyl (C=O) groups excluding carboxylic acids is 1. The van der Waals surface area contributed by atoms with Crippen molar-refractivity contribution in [2.75, 3.05) is 0 Å². The fourth-order valence-electron chi connectivity index (χ4n) is 0. The third kappa shape index (κ3) is 221. The van der Waals surface area contributed by atoms with Gasteiger partial charge in [0.2, 0.25) is 0 Å². The summed E-state index contributed by atoms with van der Waals surface area (Å²) in [5.41, 5.74) is -0.750. The number of carboxylic acid groups (broad SMARTS) is 2. The van der Waals surface area contributed by atoms with E-state index in [9.17, 15) is 5.11 Å². The summed E-state index contributed by atoms with van der Waals surface area (Å²) in [6.45, 7) is 4.90. The zero-order valence-electron chi connectivity index (χ0n) is 8.63. The Morgan fingerprint density at radius 3 is 1.08 bits per heavy atom. The van der Waals surface area contributed by atoms with Gasteiger partial charge in [-0.25, -0.2) is 0 Å². The topological polar surface area (TPSA) is 86.2 Å². The van der Waals surface area contributed by atoms with Gasteiger partial charge in [-0.05, 0) is 6.16 Å². The molecule has 0 fully saturated rings. The Labute approximate surface area is 159 Å². The van der Waals surface area contributed by atoms with Crippen LogP contribution >= 0.6 is 0 Å². The van der Waals surface area contributed by atoms with Crippen LogP contribution in [0.25, 0.3) is 0 Å². The van der Waals surface area contributed by atoms with Crippen molar-refractivity contribution in [2.45, 2.75) is 26.4 Å². The first-order valence-electron chi connectivity index (χ1n) is 2.32. The SMILES string of the molecule is CC(C)(C)[O-].O=C([O-])[O-].[K+].[Na+].[Na+]. The maximum Gasteiger partial charge on any atom is 1.00 e. The first-order valence-corrected chi connectivity index (χ1v) is 2.32. The van der Waals surface area contributed by atoms with E-state index in [1.165, 1.54) is 0 Å². The second-order valence-corrected chi connectivity index (χ2v) is 2.36. The van der Waals surface area contributed by atoms with Crippen LogP contribution in [0.2, 0.25) is 0 Å². The van der Waals surface area contributed by atoms with Crippen LogP contribution in [0.15, 0.2) is 0 Å². The molecule has 0 aromatic heterocycles. The van der Waals surface area contributed by atoms with E-state index in [4.69, 9.17) is 15.0 Å². The van der Waals surface area contributed by atoms with Gasteiger partial charge in [0.15, 0.2) is 0 Å². The van der Waals surface area contributed by atoms with Gasteiger partial charge < -0.3 is 20.1 Å². The Balaban J connectivity index is -0.0000000221. The molecule has 0 heterocycles. The van der Waals surface area contributed by atoms with Crippen molar-refractivity contribution < 1.29 is 131 Å². The maximum absolute atomic E-state index is 10.1. The molecule has 0 aliphatic heterocycles. The Morgan fingerprint density at radius 2 is 1.08 bits per heavy atom. The van der Waals surface area contributed by atoms with Crippen LogP contribution in [0, 0.1) is 0 Å². The number of carbonyl (C=O) groups is 1. The third-order valence-electron chi connectivity index (χ3n) is 0. The smallest absolute Gasteiger partial charge is 0.850 e. The van der Waals surface area contributed by atoms with Gasteiger partial charge in [-0.1, -0.05) is 20.8 Å². The third-order valence-corrected chi connectivity index (χ3v) is 0. The minimum Gasteiger partial charge on any atom is -0.850 e. The minimum atomic E-state index is -2.33. The van der Waals surface area contributed by atoms with Crippen molar-refractivity contribution in [1.29, 1.82) is 0 Å². The molecule has 0 aliphatic carbocycles. The van der Waals surface area contributed by atoms with Crippen molar-refractivity contribution in [3.05, 3.63) is 0 Å². The van der Waals surface area contributed by atoms with E-state index >= 15 is 0 Å². The molecular weight excluding hydrogens is 209 g/mol. The van der Waals surface area contributed by atoms with E-state index in [2.05, 4.69) is 0 Å². The van der Waals surface area contributed by atoms with Gasteiger partial charge in [-0.2, -0.15) is 0 Å². The molecule has 0 radical (unpaired) electrons. The average molecular weight is 218 g/mol. The zero-order chi connectivity index (χ0) is 8.08. The summed E-state index contributed by atoms with van der Waals surface area (Å²) in [6.07, 6.45) is -2.33. The molecule has 0 saturated heterocycles. The molecule has 0 aliphatic rings. The summed E-state index contributed by atoms with van der Waals surface area (Å²) in [5.74, 6) is 0. The summed E-state index contributed by atoms with van der Waals surface area (Å²) in [6, 6.07) is 0. The average Bonchev–Trinajstić information content (AvgIpc) is 1.19. The first kappa shape index (κ1) is 29.4. The second-order valence-electron chi connectivity index (χ2n) is 2.36. The molecule has 0 unspecified atom stereocenters. The minimum absolute atomic E-state index is 0. The van der Waals surface area contributed by atoms with Gasteiger partial charge in [0.1, 0.15) is 0 Å². The second kappa shape index (κ2) is 16.3. The van der Waals surface area contributed by atoms with Crippen LogP contribution in [0.3, 0.4) is 0 Å². The number of hydrogen-bond donors (Lipinski definition) is 0. The fourth-order valence-corrected chi connectivity index (χ4v) is 0. The van der Waals surface area contributed by atoms with E-state index in [1.807, 2.05) is 0 Å². The Kier molecular flexibility index (Phi) is 39.9. The summed E-state index contributed by atoms with van der Waals surface area (Å²) in [4.78, 5) is 8.33. The largest absolute Gasteiger partial charge is 1.00 e. The fraction of sp³-hybridized carbons (Fsp3) is 0.800. The van der Waals surface area contributed by atoms with Crippen molar-refractivity contribution in [3.63, 3.8) is 0 Å². The first-order chi connectivity index (χ1) is 3.73. The van der Waals surface area contributed by atoms with Gasteiger partial charge in [0.05, 0.1) is 0 Å². The Hall–Kier alpha value is 2.87. The van der Waals surface area contributed by atoms with Crippen LogP contribution in [0.5, 0.6) is 0 Å². The molecule has 4 nitrogen and oxygen atoms in total. The maximum atomic E-state index is 10.1. The van der Waals surface area contributed by atoms with E-state index in [-0.39, 0.29) is 110 Å². The van der Waals surface area contributed by atoms with Gasteiger partial charge in [0, 0.05) is 0 Å². The van der Waals surface area contributed by atoms with Gasteiger partial charge in [0.25, 0.3) is 0 Å². The molecular formula is C5H9KNa2O4. The molecule has 0 aromatic rings.